The molecule has 0 aliphatic heterocycles. The van der Waals surface area contributed by atoms with Crippen LogP contribution in [0, 0.1) is 12.7 Å². The van der Waals surface area contributed by atoms with Gasteiger partial charge in [-0.3, -0.25) is 0 Å². The van der Waals surface area contributed by atoms with Crippen molar-refractivity contribution in [2.75, 3.05) is 10.6 Å². The van der Waals surface area contributed by atoms with Gasteiger partial charge in [-0.2, -0.15) is 4.98 Å². The van der Waals surface area contributed by atoms with Crippen molar-refractivity contribution in [1.82, 2.24) is 9.97 Å². The first kappa shape index (κ1) is 16.9. The van der Waals surface area contributed by atoms with Crippen LogP contribution in [0.5, 0.6) is 0 Å². The molecule has 128 valence electrons. The van der Waals surface area contributed by atoms with E-state index in [-0.39, 0.29) is 5.82 Å². The van der Waals surface area contributed by atoms with Gasteiger partial charge in [0, 0.05) is 29.6 Å². The van der Waals surface area contributed by atoms with E-state index in [0.29, 0.717) is 23.9 Å². The molecule has 4 nitrogen and oxygen atoms in total. The summed E-state index contributed by atoms with van der Waals surface area (Å²) in [6, 6.07) is 16.7. The molecule has 0 fully saturated rings. The number of nitrogens with zero attached hydrogens (tertiary/aromatic N) is 2. The maximum Gasteiger partial charge on any atom is 0.229 e. The van der Waals surface area contributed by atoms with Crippen molar-refractivity contribution in [2.24, 2.45) is 0 Å². The van der Waals surface area contributed by atoms with E-state index < -0.39 is 0 Å². The third-order valence-electron chi connectivity index (χ3n) is 3.89. The highest BCUT2D eigenvalue weighted by Crippen LogP contribution is 2.17. The smallest absolute Gasteiger partial charge is 0.229 e. The number of hydrogen-bond acceptors (Lipinski definition) is 4. The van der Waals surface area contributed by atoms with E-state index in [4.69, 9.17) is 0 Å². The third-order valence-corrected chi connectivity index (χ3v) is 3.89. The predicted octanol–water partition coefficient (Wildman–Crippen LogP) is 4.84. The fraction of sp³-hybridized carbons (Fsp3) is 0.200. The van der Waals surface area contributed by atoms with Gasteiger partial charge in [0.05, 0.1) is 0 Å². The average Bonchev–Trinajstić information content (AvgIpc) is 2.61. The molecule has 0 amide bonds. The standard InChI is InChI=1S/C20H21FN4/c1-3-15-8-10-17(11-9-15)24-20-23-14(2)12-19(25-20)22-13-16-6-4-5-7-18(16)21/h4-12H,3,13H2,1-2H3,(H2,22,23,24,25). The molecule has 0 spiro atoms. The van der Waals surface area contributed by atoms with Gasteiger partial charge in [0.15, 0.2) is 0 Å². The lowest BCUT2D eigenvalue weighted by molar-refractivity contribution is 0.613. The molecule has 3 aromatic rings. The molecular formula is C20H21FN4. The van der Waals surface area contributed by atoms with Crippen LogP contribution in [-0.2, 0) is 13.0 Å². The summed E-state index contributed by atoms with van der Waals surface area (Å²) in [7, 11) is 0. The summed E-state index contributed by atoms with van der Waals surface area (Å²) in [5.74, 6) is 0.943. The van der Waals surface area contributed by atoms with Crippen LogP contribution in [0.4, 0.5) is 21.8 Å². The molecule has 0 aliphatic rings. The van der Waals surface area contributed by atoms with Crippen molar-refractivity contribution in [2.45, 2.75) is 26.8 Å². The first-order valence-corrected chi connectivity index (χ1v) is 8.33. The highest BCUT2D eigenvalue weighted by Gasteiger charge is 2.05. The molecule has 2 aromatic carbocycles. The van der Waals surface area contributed by atoms with E-state index in [2.05, 4.69) is 39.7 Å². The Morgan fingerprint density at radius 2 is 1.76 bits per heavy atom. The van der Waals surface area contributed by atoms with Gasteiger partial charge in [0.2, 0.25) is 5.95 Å². The number of benzene rings is 2. The Kier molecular flexibility index (Phi) is 5.23. The second kappa shape index (κ2) is 7.75. The first-order valence-electron chi connectivity index (χ1n) is 8.33. The van der Waals surface area contributed by atoms with Crippen molar-refractivity contribution in [3.05, 3.63) is 77.2 Å². The maximum absolute atomic E-state index is 13.7. The number of aromatic nitrogens is 2. The van der Waals surface area contributed by atoms with Gasteiger partial charge < -0.3 is 10.6 Å². The quantitative estimate of drug-likeness (QED) is 0.676. The van der Waals surface area contributed by atoms with Gasteiger partial charge in [-0.25, -0.2) is 9.37 Å². The molecule has 1 aromatic heterocycles. The number of anilines is 3. The Hall–Kier alpha value is -2.95. The second-order valence-electron chi connectivity index (χ2n) is 5.84. The molecule has 2 N–H and O–H groups in total. The van der Waals surface area contributed by atoms with E-state index in [1.54, 1.807) is 12.1 Å². The zero-order chi connectivity index (χ0) is 17.6. The zero-order valence-electron chi connectivity index (χ0n) is 14.4. The van der Waals surface area contributed by atoms with Crippen molar-refractivity contribution < 1.29 is 4.39 Å². The highest BCUT2D eigenvalue weighted by atomic mass is 19.1. The van der Waals surface area contributed by atoms with Gasteiger partial charge in [-0.05, 0) is 37.1 Å². The normalized spacial score (nSPS) is 10.5. The highest BCUT2D eigenvalue weighted by molar-refractivity contribution is 5.55. The summed E-state index contributed by atoms with van der Waals surface area (Å²) < 4.78 is 13.7. The third kappa shape index (κ3) is 4.53. The first-order chi connectivity index (χ1) is 12.1. The Morgan fingerprint density at radius 1 is 1.00 bits per heavy atom. The average molecular weight is 336 g/mol. The zero-order valence-corrected chi connectivity index (χ0v) is 14.4. The summed E-state index contributed by atoms with van der Waals surface area (Å²) in [4.78, 5) is 8.87. The number of halogens is 1. The summed E-state index contributed by atoms with van der Waals surface area (Å²) >= 11 is 0. The minimum atomic E-state index is -0.227. The maximum atomic E-state index is 13.7. The van der Waals surface area contributed by atoms with Crippen molar-refractivity contribution in [3.8, 4) is 0 Å². The molecule has 5 heteroatoms. The number of rotatable bonds is 6. The summed E-state index contributed by atoms with van der Waals surface area (Å²) in [5.41, 5.74) is 3.65. The van der Waals surface area contributed by atoms with E-state index in [0.717, 1.165) is 17.8 Å². The van der Waals surface area contributed by atoms with Crippen LogP contribution in [0.3, 0.4) is 0 Å². The molecule has 0 radical (unpaired) electrons. The lowest BCUT2D eigenvalue weighted by atomic mass is 10.1. The molecule has 0 aliphatic carbocycles. The van der Waals surface area contributed by atoms with Crippen LogP contribution in [0.25, 0.3) is 0 Å². The summed E-state index contributed by atoms with van der Waals surface area (Å²) in [6.07, 6.45) is 1.01. The molecule has 0 unspecified atom stereocenters. The lowest BCUT2D eigenvalue weighted by Crippen LogP contribution is -2.06. The number of aryl methyl sites for hydroxylation is 2. The van der Waals surface area contributed by atoms with Gasteiger partial charge in [0.1, 0.15) is 11.6 Å². The fourth-order valence-electron chi connectivity index (χ4n) is 2.50. The van der Waals surface area contributed by atoms with Crippen LogP contribution in [0.2, 0.25) is 0 Å². The van der Waals surface area contributed by atoms with E-state index in [1.165, 1.54) is 11.6 Å². The van der Waals surface area contributed by atoms with Crippen LogP contribution < -0.4 is 10.6 Å². The van der Waals surface area contributed by atoms with E-state index in [9.17, 15) is 4.39 Å². The molecule has 1 heterocycles. The van der Waals surface area contributed by atoms with E-state index in [1.807, 2.05) is 31.2 Å². The Bertz CT molecular complexity index is 847. The summed E-state index contributed by atoms with van der Waals surface area (Å²) in [5, 5.41) is 6.37. The Morgan fingerprint density at radius 3 is 2.48 bits per heavy atom. The number of nitrogens with one attached hydrogen (secondary N) is 2. The molecular weight excluding hydrogens is 315 g/mol. The van der Waals surface area contributed by atoms with Crippen LogP contribution in [-0.4, -0.2) is 9.97 Å². The fourth-order valence-corrected chi connectivity index (χ4v) is 2.50. The Labute approximate surface area is 147 Å². The predicted molar refractivity (Wildman–Crippen MR) is 99.6 cm³/mol. The SMILES string of the molecule is CCc1ccc(Nc2nc(C)cc(NCc3ccccc3F)n2)cc1. The molecule has 25 heavy (non-hydrogen) atoms. The van der Waals surface area contributed by atoms with Crippen molar-refractivity contribution in [3.63, 3.8) is 0 Å². The van der Waals surface area contributed by atoms with Gasteiger partial charge in [0.25, 0.3) is 0 Å². The Balaban J connectivity index is 1.72. The lowest BCUT2D eigenvalue weighted by Gasteiger charge is -2.11. The molecule has 0 saturated carbocycles. The molecule has 0 bridgehead atoms. The van der Waals surface area contributed by atoms with Gasteiger partial charge >= 0.3 is 0 Å². The van der Waals surface area contributed by atoms with E-state index >= 15 is 0 Å². The number of hydrogen-bond donors (Lipinski definition) is 2. The molecule has 0 saturated heterocycles. The largest absolute Gasteiger partial charge is 0.366 e. The molecule has 3 rings (SSSR count). The molecule has 0 atom stereocenters. The van der Waals surface area contributed by atoms with Gasteiger partial charge in [-0.15, -0.1) is 0 Å². The second-order valence-corrected chi connectivity index (χ2v) is 5.84. The minimum Gasteiger partial charge on any atom is -0.366 e. The van der Waals surface area contributed by atoms with Crippen LogP contribution in [0.15, 0.2) is 54.6 Å². The van der Waals surface area contributed by atoms with Gasteiger partial charge in [-0.1, -0.05) is 37.3 Å². The van der Waals surface area contributed by atoms with Crippen LogP contribution >= 0.6 is 0 Å². The van der Waals surface area contributed by atoms with Crippen molar-refractivity contribution in [1.29, 1.82) is 0 Å². The topological polar surface area (TPSA) is 49.8 Å². The van der Waals surface area contributed by atoms with Crippen LogP contribution in [0.1, 0.15) is 23.7 Å². The monoisotopic (exact) mass is 336 g/mol. The van der Waals surface area contributed by atoms with Crippen molar-refractivity contribution >= 4 is 17.5 Å². The summed E-state index contributed by atoms with van der Waals surface area (Å²) in [6.45, 7) is 4.40. The minimum absolute atomic E-state index is 0.227.